The highest BCUT2D eigenvalue weighted by molar-refractivity contribution is 5.78. The first-order valence-corrected chi connectivity index (χ1v) is 8.13. The maximum atomic E-state index is 12.3. The van der Waals surface area contributed by atoms with Crippen LogP contribution in [0.3, 0.4) is 0 Å². The fourth-order valence-electron chi connectivity index (χ4n) is 2.91. The fraction of sp³-hybridized carbons (Fsp3) is 0.611. The second-order valence-electron chi connectivity index (χ2n) is 6.52. The number of ether oxygens (including phenoxy) is 1. The number of hydrogen-bond donors (Lipinski definition) is 1. The average molecular weight is 305 g/mol. The highest BCUT2D eigenvalue weighted by atomic mass is 16.5. The van der Waals surface area contributed by atoms with Gasteiger partial charge < -0.3 is 14.7 Å². The second-order valence-corrected chi connectivity index (χ2v) is 6.52. The van der Waals surface area contributed by atoms with Crippen molar-refractivity contribution in [1.29, 1.82) is 0 Å². The molecule has 1 aromatic carbocycles. The molecule has 4 heteroatoms. The number of rotatable bonds is 5. The van der Waals surface area contributed by atoms with Crippen molar-refractivity contribution in [3.05, 3.63) is 29.3 Å². The van der Waals surface area contributed by atoms with Crippen molar-refractivity contribution in [1.82, 2.24) is 4.90 Å². The molecule has 4 nitrogen and oxygen atoms in total. The van der Waals surface area contributed by atoms with E-state index in [0.29, 0.717) is 12.5 Å². The van der Waals surface area contributed by atoms with Gasteiger partial charge in [0.2, 0.25) is 0 Å². The summed E-state index contributed by atoms with van der Waals surface area (Å²) < 4.78 is 5.81. The Morgan fingerprint density at radius 2 is 2.23 bits per heavy atom. The predicted octanol–water partition coefficient (Wildman–Crippen LogP) is 2.73. The number of nitrogens with zero attached hydrogens (tertiary/aromatic N) is 1. The summed E-state index contributed by atoms with van der Waals surface area (Å²) in [4.78, 5) is 14.1. The Morgan fingerprint density at radius 3 is 2.91 bits per heavy atom. The van der Waals surface area contributed by atoms with Crippen LogP contribution in [0, 0.1) is 12.8 Å². The van der Waals surface area contributed by atoms with Gasteiger partial charge >= 0.3 is 0 Å². The number of piperidine rings is 1. The summed E-state index contributed by atoms with van der Waals surface area (Å²) in [5.74, 6) is 1.38. The molecule has 22 heavy (non-hydrogen) atoms. The van der Waals surface area contributed by atoms with Crippen molar-refractivity contribution in [2.45, 2.75) is 39.5 Å². The first-order chi connectivity index (χ1) is 10.5. The fourth-order valence-corrected chi connectivity index (χ4v) is 2.91. The summed E-state index contributed by atoms with van der Waals surface area (Å²) in [6.07, 6.45) is 1.95. The molecule has 1 heterocycles. The minimum atomic E-state index is 0.00867. The Morgan fingerprint density at radius 1 is 1.45 bits per heavy atom. The maximum Gasteiger partial charge on any atom is 0.260 e. The van der Waals surface area contributed by atoms with Gasteiger partial charge in [-0.1, -0.05) is 26.0 Å². The molecular formula is C18H27NO3. The van der Waals surface area contributed by atoms with Crippen molar-refractivity contribution in [2.24, 2.45) is 5.92 Å². The molecule has 122 valence electrons. The number of aliphatic hydroxyl groups is 1. The van der Waals surface area contributed by atoms with Gasteiger partial charge in [0.25, 0.3) is 5.91 Å². The van der Waals surface area contributed by atoms with Crippen molar-refractivity contribution < 1.29 is 14.6 Å². The predicted molar refractivity (Wildman–Crippen MR) is 87.2 cm³/mol. The maximum absolute atomic E-state index is 12.3. The zero-order chi connectivity index (χ0) is 16.1. The number of benzene rings is 1. The van der Waals surface area contributed by atoms with E-state index in [-0.39, 0.29) is 25.0 Å². The molecule has 1 aromatic rings. The third-order valence-corrected chi connectivity index (χ3v) is 4.27. The van der Waals surface area contributed by atoms with Crippen molar-refractivity contribution in [3.8, 4) is 5.75 Å². The van der Waals surface area contributed by atoms with E-state index in [1.165, 1.54) is 0 Å². The van der Waals surface area contributed by atoms with Crippen LogP contribution in [0.4, 0.5) is 0 Å². The topological polar surface area (TPSA) is 49.8 Å². The summed E-state index contributed by atoms with van der Waals surface area (Å²) in [6.45, 7) is 7.90. The Hall–Kier alpha value is -1.55. The third-order valence-electron chi connectivity index (χ3n) is 4.27. The Bertz CT molecular complexity index is 513. The van der Waals surface area contributed by atoms with Crippen LogP contribution in [0.25, 0.3) is 0 Å². The highest BCUT2D eigenvalue weighted by Crippen LogP contribution is 2.27. The summed E-state index contributed by atoms with van der Waals surface area (Å²) >= 11 is 0. The number of carbonyl (C=O) groups excluding carboxylic acids is 1. The minimum Gasteiger partial charge on any atom is -0.483 e. The lowest BCUT2D eigenvalue weighted by Gasteiger charge is -2.31. The van der Waals surface area contributed by atoms with E-state index < -0.39 is 0 Å². The molecule has 0 aromatic heterocycles. The van der Waals surface area contributed by atoms with Crippen LogP contribution in [0.2, 0.25) is 0 Å². The molecule has 0 bridgehead atoms. The lowest BCUT2D eigenvalue weighted by molar-refractivity contribution is -0.135. The van der Waals surface area contributed by atoms with E-state index >= 15 is 0 Å². The molecule has 1 unspecified atom stereocenters. The monoisotopic (exact) mass is 305 g/mol. The van der Waals surface area contributed by atoms with Crippen LogP contribution in [0.15, 0.2) is 18.2 Å². The first kappa shape index (κ1) is 16.8. The van der Waals surface area contributed by atoms with E-state index in [2.05, 4.69) is 26.0 Å². The molecule has 0 spiro atoms. The van der Waals surface area contributed by atoms with Gasteiger partial charge in [0.1, 0.15) is 5.75 Å². The number of hydrogen-bond acceptors (Lipinski definition) is 3. The molecule has 1 fully saturated rings. The summed E-state index contributed by atoms with van der Waals surface area (Å²) in [5.41, 5.74) is 2.26. The van der Waals surface area contributed by atoms with Gasteiger partial charge in [0.15, 0.2) is 6.61 Å². The van der Waals surface area contributed by atoms with Crippen molar-refractivity contribution in [2.75, 3.05) is 26.3 Å². The zero-order valence-corrected chi connectivity index (χ0v) is 13.8. The molecule has 1 aliphatic heterocycles. The summed E-state index contributed by atoms with van der Waals surface area (Å²) in [7, 11) is 0. The van der Waals surface area contributed by atoms with Gasteiger partial charge in [0.05, 0.1) is 0 Å². The molecule has 1 atom stereocenters. The molecule has 1 aliphatic rings. The molecule has 0 radical (unpaired) electrons. The smallest absolute Gasteiger partial charge is 0.260 e. The standard InChI is InChI=1S/C18H27NO3/c1-13(2)16-7-6-14(3)9-17(16)22-12-18(21)19-8-4-5-15(10-19)11-20/h6-7,9,13,15,20H,4-5,8,10-12H2,1-3H3. The van der Waals surface area contributed by atoms with Gasteiger partial charge in [0, 0.05) is 19.7 Å². The van der Waals surface area contributed by atoms with Gasteiger partial charge in [-0.25, -0.2) is 0 Å². The van der Waals surface area contributed by atoms with E-state index in [0.717, 1.165) is 36.3 Å². The molecule has 0 saturated carbocycles. The van der Waals surface area contributed by atoms with E-state index in [1.807, 2.05) is 17.9 Å². The third kappa shape index (κ3) is 4.23. The number of amides is 1. The van der Waals surface area contributed by atoms with Crippen molar-refractivity contribution >= 4 is 5.91 Å². The lowest BCUT2D eigenvalue weighted by Crippen LogP contribution is -2.43. The van der Waals surface area contributed by atoms with Gasteiger partial charge in [-0.05, 0) is 48.8 Å². The van der Waals surface area contributed by atoms with Crippen LogP contribution in [-0.2, 0) is 4.79 Å². The first-order valence-electron chi connectivity index (χ1n) is 8.13. The number of likely N-dealkylation sites (tertiary alicyclic amines) is 1. The molecular weight excluding hydrogens is 278 g/mol. The average Bonchev–Trinajstić information content (AvgIpc) is 2.52. The number of aliphatic hydroxyl groups excluding tert-OH is 1. The minimum absolute atomic E-state index is 0.00867. The zero-order valence-electron chi connectivity index (χ0n) is 13.8. The van der Waals surface area contributed by atoms with E-state index in [9.17, 15) is 9.90 Å². The van der Waals surface area contributed by atoms with Crippen LogP contribution < -0.4 is 4.74 Å². The van der Waals surface area contributed by atoms with E-state index in [1.54, 1.807) is 0 Å². The highest BCUT2D eigenvalue weighted by Gasteiger charge is 2.23. The van der Waals surface area contributed by atoms with Crippen molar-refractivity contribution in [3.63, 3.8) is 0 Å². The van der Waals surface area contributed by atoms with Gasteiger partial charge in [-0.15, -0.1) is 0 Å². The normalized spacial score (nSPS) is 18.6. The van der Waals surface area contributed by atoms with Crippen LogP contribution >= 0.6 is 0 Å². The Kier molecular flexibility index (Phi) is 5.83. The van der Waals surface area contributed by atoms with Gasteiger partial charge in [-0.2, -0.15) is 0 Å². The number of carbonyl (C=O) groups is 1. The molecule has 1 saturated heterocycles. The van der Waals surface area contributed by atoms with Crippen LogP contribution in [-0.4, -0.2) is 42.2 Å². The summed E-state index contributed by atoms with van der Waals surface area (Å²) in [6, 6.07) is 6.14. The quantitative estimate of drug-likeness (QED) is 0.910. The van der Waals surface area contributed by atoms with E-state index in [4.69, 9.17) is 4.74 Å². The Labute approximate surface area is 133 Å². The lowest BCUT2D eigenvalue weighted by atomic mass is 9.99. The molecule has 1 N–H and O–H groups in total. The van der Waals surface area contributed by atoms with Gasteiger partial charge in [-0.3, -0.25) is 4.79 Å². The largest absolute Gasteiger partial charge is 0.483 e. The summed E-state index contributed by atoms with van der Waals surface area (Å²) in [5, 5.41) is 9.26. The molecule has 1 amide bonds. The number of aryl methyl sites for hydroxylation is 1. The second kappa shape index (κ2) is 7.63. The van der Waals surface area contributed by atoms with Crippen LogP contribution in [0.1, 0.15) is 43.7 Å². The van der Waals surface area contributed by atoms with Crippen LogP contribution in [0.5, 0.6) is 5.75 Å². The SMILES string of the molecule is Cc1ccc(C(C)C)c(OCC(=O)N2CCCC(CO)C2)c1. The molecule has 0 aliphatic carbocycles. The Balaban J connectivity index is 1.97. The molecule has 2 rings (SSSR count).